The van der Waals surface area contributed by atoms with E-state index in [2.05, 4.69) is 15.6 Å². The fourth-order valence-electron chi connectivity index (χ4n) is 0.265. The summed E-state index contributed by atoms with van der Waals surface area (Å²) in [6, 6.07) is 0. The molecule has 7 nitrogen and oxygen atoms in total. The van der Waals surface area contributed by atoms with Crippen molar-refractivity contribution in [2.75, 3.05) is 0 Å². The van der Waals surface area contributed by atoms with E-state index in [4.69, 9.17) is 5.73 Å². The van der Waals surface area contributed by atoms with E-state index in [1.54, 1.807) is 0 Å². The first-order chi connectivity index (χ1) is 4.54. The Hall–Kier alpha value is -0.000000000000000111. The van der Waals surface area contributed by atoms with Crippen molar-refractivity contribution in [1.29, 1.82) is 0 Å². The Morgan fingerprint density at radius 2 is 2.18 bits per heavy atom. The topological polar surface area (TPSA) is 127 Å². The first-order valence-electron chi connectivity index (χ1n) is 2.36. The van der Waals surface area contributed by atoms with Crippen LogP contribution in [0.4, 0.5) is 0 Å². The molecule has 0 aliphatic carbocycles. The largest absolute Gasteiger partial charge is 1.00 e. The molecule has 0 aromatic rings. The molecule has 0 amide bonds. The smallest absolute Gasteiger partial charge is 0.378 e. The molecule has 0 aliphatic rings. The Balaban J connectivity index is 0. The minimum atomic E-state index is -1.80. The quantitative estimate of drug-likeness (QED) is 0.268. The molecule has 0 bridgehead atoms. The van der Waals surface area contributed by atoms with Gasteiger partial charge < -0.3 is 34.0 Å². The monoisotopic (exact) mass is 278 g/mol. The molecule has 0 aliphatic heterocycles. The van der Waals surface area contributed by atoms with Gasteiger partial charge in [0.1, 0.15) is 0 Å². The van der Waals surface area contributed by atoms with Gasteiger partial charge in [0, 0.05) is 0 Å². The average Bonchev–Trinajstić information content (AvgIpc) is 1.86. The summed E-state index contributed by atoms with van der Waals surface area (Å²) in [5, 5.41) is 9.69. The van der Waals surface area contributed by atoms with Crippen molar-refractivity contribution in [3.63, 3.8) is 0 Å². The maximum atomic E-state index is 10.5. The summed E-state index contributed by atoms with van der Waals surface area (Å²) in [7, 11) is 0. The number of halogens is 1. The maximum absolute atomic E-state index is 10.5. The van der Waals surface area contributed by atoms with Crippen molar-refractivity contribution in [3.05, 3.63) is 5.21 Å². The normalized spacial score (nSPS) is 14.5. The lowest BCUT2D eigenvalue weighted by molar-refractivity contribution is -0.865. The molecule has 0 saturated carbocycles. The van der Waals surface area contributed by atoms with Gasteiger partial charge in [-0.25, -0.2) is 10.4 Å². The zero-order chi connectivity index (χ0) is 8.20. The predicted molar refractivity (Wildman–Crippen MR) is 29.2 cm³/mol. The highest BCUT2D eigenvalue weighted by atomic mass is 127. The molecule has 0 aromatic carbocycles. The van der Waals surface area contributed by atoms with Gasteiger partial charge in [0.15, 0.2) is 0 Å². The third-order valence-electron chi connectivity index (χ3n) is 0.805. The highest BCUT2D eigenvalue weighted by molar-refractivity contribution is 5.77. The van der Waals surface area contributed by atoms with Crippen LogP contribution in [0.1, 0.15) is 6.92 Å². The predicted octanol–water partition coefficient (Wildman–Crippen LogP) is -5.92. The number of carbonyl (C=O) groups is 1. The molecule has 0 saturated heterocycles. The van der Waals surface area contributed by atoms with Gasteiger partial charge in [-0.2, -0.15) is 10.7 Å². The Kier molecular flexibility index (Phi) is 6.94. The van der Waals surface area contributed by atoms with Crippen molar-refractivity contribution in [1.82, 2.24) is 0 Å². The SMILES string of the molecule is CC(N)(O[NH2+][O-])C(=O)ON.[I-]. The molecule has 6 N–H and O–H groups in total. The number of hydrogen-bond acceptors (Lipinski definition) is 6. The van der Waals surface area contributed by atoms with Gasteiger partial charge >= 0.3 is 5.97 Å². The molecular formula is C3H9IN3O4-. The summed E-state index contributed by atoms with van der Waals surface area (Å²) in [5.41, 5.74) is 3.32. The van der Waals surface area contributed by atoms with Crippen molar-refractivity contribution < 1.29 is 44.1 Å². The highest BCUT2D eigenvalue weighted by Crippen LogP contribution is 1.97. The third kappa shape index (κ3) is 4.44. The van der Waals surface area contributed by atoms with Crippen molar-refractivity contribution in [2.24, 2.45) is 11.6 Å². The van der Waals surface area contributed by atoms with Crippen molar-refractivity contribution in [3.8, 4) is 0 Å². The van der Waals surface area contributed by atoms with Crippen LogP contribution in [0.2, 0.25) is 0 Å². The highest BCUT2D eigenvalue weighted by Gasteiger charge is 2.33. The third-order valence-corrected chi connectivity index (χ3v) is 0.805. The Labute approximate surface area is 79.9 Å². The first-order valence-corrected chi connectivity index (χ1v) is 2.36. The van der Waals surface area contributed by atoms with Crippen LogP contribution in [0.3, 0.4) is 0 Å². The second kappa shape index (κ2) is 5.62. The Morgan fingerprint density at radius 3 is 2.45 bits per heavy atom. The number of nitrogens with two attached hydrogens (primary N) is 3. The molecule has 0 aromatic heterocycles. The number of quaternary nitrogens is 1. The average molecular weight is 278 g/mol. The summed E-state index contributed by atoms with van der Waals surface area (Å²) in [5.74, 6) is 3.45. The van der Waals surface area contributed by atoms with Crippen molar-refractivity contribution in [2.45, 2.75) is 12.6 Å². The zero-order valence-electron chi connectivity index (χ0n) is 5.74. The van der Waals surface area contributed by atoms with Crippen LogP contribution in [0.15, 0.2) is 0 Å². The molecule has 8 heteroatoms. The lowest BCUT2D eigenvalue weighted by atomic mass is 10.3. The van der Waals surface area contributed by atoms with Crippen LogP contribution < -0.4 is 41.3 Å². The molecule has 1 unspecified atom stereocenters. The fourth-order valence-corrected chi connectivity index (χ4v) is 0.265. The maximum Gasteiger partial charge on any atom is 0.378 e. The van der Waals surface area contributed by atoms with E-state index in [-0.39, 0.29) is 29.6 Å². The number of carbonyl (C=O) groups excluding carboxylic acids is 1. The second-order valence-electron chi connectivity index (χ2n) is 1.73. The van der Waals surface area contributed by atoms with Gasteiger partial charge in [0.2, 0.25) is 0 Å². The van der Waals surface area contributed by atoms with Crippen LogP contribution in [-0.4, -0.2) is 11.7 Å². The standard InChI is InChI=1S/C3H9N3O4.HI/c1-3(4,10-6-8)2(7)9-5;/h4-6H2,1H3;1H/p-1. The fraction of sp³-hybridized carbons (Fsp3) is 0.667. The molecule has 0 radical (unpaired) electrons. The second-order valence-corrected chi connectivity index (χ2v) is 1.73. The summed E-state index contributed by atoms with van der Waals surface area (Å²) in [6.07, 6.45) is 0. The van der Waals surface area contributed by atoms with Gasteiger partial charge in [-0.1, -0.05) is 0 Å². The van der Waals surface area contributed by atoms with E-state index in [1.807, 2.05) is 0 Å². The molecule has 0 spiro atoms. The van der Waals surface area contributed by atoms with Crippen LogP contribution in [0.25, 0.3) is 0 Å². The molecule has 0 heterocycles. The summed E-state index contributed by atoms with van der Waals surface area (Å²) >= 11 is 0. The van der Waals surface area contributed by atoms with Crippen LogP contribution in [0, 0.1) is 5.21 Å². The molecular weight excluding hydrogens is 269 g/mol. The van der Waals surface area contributed by atoms with Gasteiger partial charge in [0.05, 0.1) is 0 Å². The summed E-state index contributed by atoms with van der Waals surface area (Å²) < 4.78 is 0. The Morgan fingerprint density at radius 1 is 1.73 bits per heavy atom. The van der Waals surface area contributed by atoms with Gasteiger partial charge in [-0.15, -0.1) is 0 Å². The molecule has 1 atom stereocenters. The van der Waals surface area contributed by atoms with E-state index >= 15 is 0 Å². The minimum Gasteiger partial charge on any atom is -1.00 e. The van der Waals surface area contributed by atoms with Crippen LogP contribution in [0.5, 0.6) is 0 Å². The summed E-state index contributed by atoms with van der Waals surface area (Å²) in [4.78, 5) is 18.3. The zero-order valence-corrected chi connectivity index (χ0v) is 7.90. The lowest BCUT2D eigenvalue weighted by Gasteiger charge is -2.18. The molecule has 68 valence electrons. The Bertz CT molecular complexity index is 130. The summed E-state index contributed by atoms with van der Waals surface area (Å²) in [6.45, 7) is 1.15. The van der Waals surface area contributed by atoms with Gasteiger partial charge in [0.25, 0.3) is 5.72 Å². The van der Waals surface area contributed by atoms with E-state index in [0.717, 1.165) is 6.92 Å². The van der Waals surface area contributed by atoms with E-state index in [1.165, 1.54) is 0 Å². The van der Waals surface area contributed by atoms with E-state index in [0.29, 0.717) is 0 Å². The van der Waals surface area contributed by atoms with Crippen LogP contribution >= 0.6 is 0 Å². The first kappa shape index (κ1) is 13.6. The number of hydrogen-bond donors (Lipinski definition) is 3. The van der Waals surface area contributed by atoms with E-state index in [9.17, 15) is 10.0 Å². The minimum absolute atomic E-state index is 0. The molecule has 0 fully saturated rings. The molecule has 0 rings (SSSR count). The van der Waals surface area contributed by atoms with E-state index < -0.39 is 11.7 Å². The molecule has 11 heavy (non-hydrogen) atoms. The van der Waals surface area contributed by atoms with Crippen LogP contribution in [-0.2, 0) is 14.5 Å². The van der Waals surface area contributed by atoms with Gasteiger partial charge in [-0.05, 0) is 6.92 Å². The number of rotatable bonds is 3. The lowest BCUT2D eigenvalue weighted by Crippen LogP contribution is -3.00. The van der Waals surface area contributed by atoms with Gasteiger partial charge in [-0.3, -0.25) is 5.73 Å². The van der Waals surface area contributed by atoms with Crippen molar-refractivity contribution >= 4 is 5.97 Å².